The molecule has 3 saturated carbocycles. The molecule has 5 heteroatoms. The SMILES string of the molecule is C[C@H]([C@H](C)CC(C)(C)O)[C@@H]1CC[C@@]2(O)C3=CC(=O)[C@@H]4C[C@@H](O)[C@@H](O)C[C@]4(C)[C@H]3CC[C@]12C. The van der Waals surface area contributed by atoms with Gasteiger partial charge in [-0.05, 0) is 99.5 Å². The van der Waals surface area contributed by atoms with Crippen molar-refractivity contribution in [1.29, 1.82) is 0 Å². The molecule has 0 unspecified atom stereocenters. The first kappa shape index (κ1) is 24.4. The number of rotatable bonds is 4. The lowest BCUT2D eigenvalue weighted by Crippen LogP contribution is -2.61. The Morgan fingerprint density at radius 1 is 1.09 bits per heavy atom. The van der Waals surface area contributed by atoms with Crippen LogP contribution in [0.15, 0.2) is 11.6 Å². The van der Waals surface area contributed by atoms with Gasteiger partial charge < -0.3 is 20.4 Å². The van der Waals surface area contributed by atoms with Crippen LogP contribution in [0.25, 0.3) is 0 Å². The fourth-order valence-electron chi connectivity index (χ4n) is 8.62. The van der Waals surface area contributed by atoms with E-state index in [1.165, 1.54) is 0 Å². The largest absolute Gasteiger partial charge is 0.390 e. The zero-order valence-corrected chi connectivity index (χ0v) is 20.8. The van der Waals surface area contributed by atoms with Crippen LogP contribution in [0.4, 0.5) is 0 Å². The molecule has 4 aliphatic carbocycles. The molecule has 0 heterocycles. The van der Waals surface area contributed by atoms with Crippen molar-refractivity contribution >= 4 is 5.78 Å². The molecule has 182 valence electrons. The first-order valence-electron chi connectivity index (χ1n) is 12.7. The summed E-state index contributed by atoms with van der Waals surface area (Å²) in [6.07, 6.45) is 4.88. The molecule has 0 aliphatic heterocycles. The van der Waals surface area contributed by atoms with Gasteiger partial charge in [-0.1, -0.05) is 27.7 Å². The smallest absolute Gasteiger partial charge is 0.159 e. The molecule has 4 rings (SSSR count). The highest BCUT2D eigenvalue weighted by Gasteiger charge is 2.67. The topological polar surface area (TPSA) is 98.0 Å². The van der Waals surface area contributed by atoms with Gasteiger partial charge in [0.2, 0.25) is 0 Å². The molecule has 3 fully saturated rings. The molecular formula is C27H44O5. The van der Waals surface area contributed by atoms with Gasteiger partial charge in [0.05, 0.1) is 23.4 Å². The molecule has 0 amide bonds. The van der Waals surface area contributed by atoms with Crippen molar-refractivity contribution in [1.82, 2.24) is 0 Å². The second kappa shape index (κ2) is 7.63. The molecule has 0 bridgehead atoms. The zero-order valence-electron chi connectivity index (χ0n) is 20.8. The Labute approximate surface area is 193 Å². The van der Waals surface area contributed by atoms with Crippen LogP contribution in [-0.4, -0.2) is 49.6 Å². The molecule has 0 aromatic rings. The number of carbonyl (C=O) groups is 1. The van der Waals surface area contributed by atoms with Crippen molar-refractivity contribution in [3.8, 4) is 0 Å². The first-order chi connectivity index (χ1) is 14.6. The van der Waals surface area contributed by atoms with Crippen LogP contribution in [0.3, 0.4) is 0 Å². The second-order valence-corrected chi connectivity index (χ2v) is 13.0. The van der Waals surface area contributed by atoms with Crippen LogP contribution in [0.1, 0.15) is 86.5 Å². The van der Waals surface area contributed by atoms with Gasteiger partial charge in [0.15, 0.2) is 5.78 Å². The molecule has 0 spiro atoms. The predicted molar refractivity (Wildman–Crippen MR) is 124 cm³/mol. The lowest BCUT2D eigenvalue weighted by Gasteiger charge is -2.60. The van der Waals surface area contributed by atoms with E-state index in [1.54, 1.807) is 6.08 Å². The minimum atomic E-state index is -1.01. The monoisotopic (exact) mass is 448 g/mol. The van der Waals surface area contributed by atoms with Gasteiger partial charge in [0, 0.05) is 11.3 Å². The van der Waals surface area contributed by atoms with E-state index >= 15 is 0 Å². The number of aliphatic hydroxyl groups excluding tert-OH is 2. The number of fused-ring (bicyclic) bond motifs is 5. The highest BCUT2D eigenvalue weighted by molar-refractivity contribution is 5.95. The third-order valence-corrected chi connectivity index (χ3v) is 10.5. The van der Waals surface area contributed by atoms with Crippen LogP contribution in [0.5, 0.6) is 0 Å². The number of carbonyl (C=O) groups excluding carboxylic acids is 1. The maximum Gasteiger partial charge on any atom is 0.159 e. The molecule has 32 heavy (non-hydrogen) atoms. The van der Waals surface area contributed by atoms with Crippen molar-refractivity contribution in [2.45, 2.75) is 110 Å². The summed E-state index contributed by atoms with van der Waals surface area (Å²) < 4.78 is 0. The van der Waals surface area contributed by atoms with Crippen LogP contribution < -0.4 is 0 Å². The predicted octanol–water partition coefficient (Wildman–Crippen LogP) is 3.62. The maximum absolute atomic E-state index is 13.2. The maximum atomic E-state index is 13.2. The number of allylic oxidation sites excluding steroid dienone is 1. The minimum absolute atomic E-state index is 0.00858. The van der Waals surface area contributed by atoms with Crippen LogP contribution in [-0.2, 0) is 4.79 Å². The fraction of sp³-hybridized carbons (Fsp3) is 0.889. The van der Waals surface area contributed by atoms with E-state index in [0.717, 1.165) is 31.3 Å². The molecule has 0 aromatic carbocycles. The van der Waals surface area contributed by atoms with E-state index in [0.29, 0.717) is 37.0 Å². The Kier molecular flexibility index (Phi) is 5.81. The third-order valence-electron chi connectivity index (χ3n) is 10.5. The Hall–Kier alpha value is -0.750. The summed E-state index contributed by atoms with van der Waals surface area (Å²) in [4.78, 5) is 13.2. The highest BCUT2D eigenvalue weighted by atomic mass is 16.3. The Balaban J connectivity index is 1.67. The van der Waals surface area contributed by atoms with E-state index in [9.17, 15) is 25.2 Å². The first-order valence-corrected chi connectivity index (χ1v) is 12.7. The lowest BCUT2D eigenvalue weighted by molar-refractivity contribution is -0.154. The summed E-state index contributed by atoms with van der Waals surface area (Å²) in [6, 6.07) is 0. The summed E-state index contributed by atoms with van der Waals surface area (Å²) in [5, 5.41) is 43.3. The Morgan fingerprint density at radius 3 is 2.38 bits per heavy atom. The number of aliphatic hydroxyl groups is 4. The van der Waals surface area contributed by atoms with Gasteiger partial charge in [0.25, 0.3) is 0 Å². The number of hydrogen-bond donors (Lipinski definition) is 4. The van der Waals surface area contributed by atoms with E-state index in [2.05, 4.69) is 27.7 Å². The zero-order chi connectivity index (χ0) is 23.9. The molecule has 10 atom stereocenters. The average molecular weight is 449 g/mol. The van der Waals surface area contributed by atoms with E-state index in [1.807, 2.05) is 13.8 Å². The van der Waals surface area contributed by atoms with Gasteiger partial charge in [-0.15, -0.1) is 0 Å². The quantitative estimate of drug-likeness (QED) is 0.527. The Bertz CT molecular complexity index is 798. The van der Waals surface area contributed by atoms with Gasteiger partial charge in [0.1, 0.15) is 0 Å². The van der Waals surface area contributed by atoms with Gasteiger partial charge >= 0.3 is 0 Å². The van der Waals surface area contributed by atoms with E-state index < -0.39 is 28.8 Å². The third kappa shape index (κ3) is 3.45. The summed E-state index contributed by atoms with van der Waals surface area (Å²) in [6.45, 7) is 12.5. The lowest BCUT2D eigenvalue weighted by atomic mass is 9.45. The van der Waals surface area contributed by atoms with Crippen molar-refractivity contribution < 1.29 is 25.2 Å². The molecule has 4 aliphatic rings. The van der Waals surface area contributed by atoms with Crippen LogP contribution in [0, 0.1) is 40.4 Å². The van der Waals surface area contributed by atoms with Crippen molar-refractivity contribution in [2.24, 2.45) is 40.4 Å². The molecule has 5 nitrogen and oxygen atoms in total. The van der Waals surface area contributed by atoms with Gasteiger partial charge in [-0.3, -0.25) is 4.79 Å². The summed E-state index contributed by atoms with van der Waals surface area (Å²) in [5.74, 6) is 0.793. The minimum Gasteiger partial charge on any atom is -0.390 e. The average Bonchev–Trinajstić information content (AvgIpc) is 2.94. The molecule has 0 radical (unpaired) electrons. The normalized spacial score (nSPS) is 48.4. The summed E-state index contributed by atoms with van der Waals surface area (Å²) >= 11 is 0. The van der Waals surface area contributed by atoms with Crippen molar-refractivity contribution in [2.75, 3.05) is 0 Å². The van der Waals surface area contributed by atoms with E-state index in [-0.39, 0.29) is 23.0 Å². The Morgan fingerprint density at radius 2 is 1.75 bits per heavy atom. The fourth-order valence-corrected chi connectivity index (χ4v) is 8.62. The van der Waals surface area contributed by atoms with Gasteiger partial charge in [-0.2, -0.15) is 0 Å². The second-order valence-electron chi connectivity index (χ2n) is 13.0. The van der Waals surface area contributed by atoms with Crippen LogP contribution in [0.2, 0.25) is 0 Å². The number of ketones is 1. The molecule has 4 N–H and O–H groups in total. The van der Waals surface area contributed by atoms with Crippen molar-refractivity contribution in [3.05, 3.63) is 11.6 Å². The number of hydrogen-bond acceptors (Lipinski definition) is 5. The van der Waals surface area contributed by atoms with Gasteiger partial charge in [-0.25, -0.2) is 0 Å². The molecule has 0 saturated heterocycles. The van der Waals surface area contributed by atoms with Crippen molar-refractivity contribution in [3.63, 3.8) is 0 Å². The summed E-state index contributed by atoms with van der Waals surface area (Å²) in [7, 11) is 0. The highest BCUT2D eigenvalue weighted by Crippen LogP contribution is 2.68. The molecule has 0 aromatic heterocycles. The summed E-state index contributed by atoms with van der Waals surface area (Å²) in [5.41, 5.74) is -1.56. The molecular weight excluding hydrogens is 404 g/mol. The standard InChI is InChI=1S/C27H44O5/c1-15(13-24(3,4)31)16(2)17-8-10-27(32)19-11-21(28)20-12-22(29)23(30)14-25(20,5)18(19)7-9-26(17,27)6/h11,15-18,20,22-23,29-32H,7-10,12-14H2,1-6H3/t15-,16-,17+,18+,20+,22-,23+,25-,26-,27-/m1/s1. The van der Waals surface area contributed by atoms with E-state index in [4.69, 9.17) is 0 Å². The van der Waals surface area contributed by atoms with Crippen LogP contribution >= 0.6 is 0 Å².